The molecule has 0 saturated carbocycles. The lowest BCUT2D eigenvalue weighted by molar-refractivity contribution is -0.113. The van der Waals surface area contributed by atoms with Crippen molar-refractivity contribution in [1.82, 2.24) is 15.1 Å². The molecule has 134 valence electrons. The highest BCUT2D eigenvalue weighted by atomic mass is 35.5. The van der Waals surface area contributed by atoms with Crippen LogP contribution in [-0.2, 0) is 10.5 Å². The molecule has 3 rings (SSSR count). The van der Waals surface area contributed by atoms with E-state index >= 15 is 0 Å². The molecule has 0 atom stereocenters. The van der Waals surface area contributed by atoms with Gasteiger partial charge in [-0.15, -0.1) is 11.8 Å². The number of rotatable bonds is 7. The van der Waals surface area contributed by atoms with Crippen LogP contribution in [0.4, 0.5) is 5.82 Å². The van der Waals surface area contributed by atoms with E-state index in [0.29, 0.717) is 17.3 Å². The van der Waals surface area contributed by atoms with Gasteiger partial charge in [-0.3, -0.25) is 4.79 Å². The molecule has 0 aliphatic rings. The Labute approximate surface area is 164 Å². The fourth-order valence-electron chi connectivity index (χ4n) is 1.99. The standard InChI is InChI=1S/C17H15ClN4O2S2/c1-11-6-14(22-24-11)21-15(23)9-26-17-7-16(19-10-20-17)25-8-12-4-2-3-5-13(12)18/h2-7,10H,8-9H2,1H3,(H,21,22,23). The van der Waals surface area contributed by atoms with Crippen molar-refractivity contribution in [2.24, 2.45) is 0 Å². The minimum absolute atomic E-state index is 0.174. The summed E-state index contributed by atoms with van der Waals surface area (Å²) in [6, 6.07) is 11.2. The fourth-order valence-corrected chi connectivity index (χ4v) is 3.89. The van der Waals surface area contributed by atoms with Gasteiger partial charge in [-0.1, -0.05) is 46.7 Å². The summed E-state index contributed by atoms with van der Waals surface area (Å²) < 4.78 is 4.91. The van der Waals surface area contributed by atoms with Gasteiger partial charge in [-0.25, -0.2) is 9.97 Å². The molecule has 3 aromatic rings. The van der Waals surface area contributed by atoms with Crippen molar-refractivity contribution in [3.63, 3.8) is 0 Å². The first kappa shape index (κ1) is 18.8. The Morgan fingerprint density at radius 3 is 2.69 bits per heavy atom. The number of carbonyl (C=O) groups excluding carboxylic acids is 1. The third kappa shape index (κ3) is 5.48. The molecule has 1 N–H and O–H groups in total. The maximum Gasteiger partial charge on any atom is 0.236 e. The third-order valence-corrected chi connectivity index (χ3v) is 5.47. The van der Waals surface area contributed by atoms with E-state index in [9.17, 15) is 4.79 Å². The van der Waals surface area contributed by atoms with Crippen molar-refractivity contribution in [2.45, 2.75) is 22.7 Å². The highest BCUT2D eigenvalue weighted by Crippen LogP contribution is 2.27. The number of aromatic nitrogens is 3. The van der Waals surface area contributed by atoms with E-state index in [1.165, 1.54) is 18.1 Å². The van der Waals surface area contributed by atoms with Gasteiger partial charge in [0.25, 0.3) is 0 Å². The first-order valence-corrected chi connectivity index (χ1v) is 9.99. The summed E-state index contributed by atoms with van der Waals surface area (Å²) >= 11 is 9.07. The monoisotopic (exact) mass is 406 g/mol. The van der Waals surface area contributed by atoms with Crippen molar-refractivity contribution in [1.29, 1.82) is 0 Å². The molecule has 0 aliphatic carbocycles. The molecule has 0 unspecified atom stereocenters. The van der Waals surface area contributed by atoms with Crippen LogP contribution in [0.25, 0.3) is 0 Å². The maximum atomic E-state index is 12.0. The smallest absolute Gasteiger partial charge is 0.236 e. The first-order valence-electron chi connectivity index (χ1n) is 7.64. The summed E-state index contributed by atoms with van der Waals surface area (Å²) in [7, 11) is 0. The Kier molecular flexibility index (Phi) is 6.54. The lowest BCUT2D eigenvalue weighted by atomic mass is 10.2. The van der Waals surface area contributed by atoms with Crippen LogP contribution < -0.4 is 5.32 Å². The van der Waals surface area contributed by atoms with Crippen LogP contribution in [0.5, 0.6) is 0 Å². The number of halogens is 1. The lowest BCUT2D eigenvalue weighted by Crippen LogP contribution is -2.14. The fraction of sp³-hybridized carbons (Fsp3) is 0.176. The van der Waals surface area contributed by atoms with Crippen LogP contribution >= 0.6 is 35.1 Å². The number of nitrogens with one attached hydrogen (secondary N) is 1. The number of hydrogen-bond donors (Lipinski definition) is 1. The van der Waals surface area contributed by atoms with Gasteiger partial charge in [-0.2, -0.15) is 0 Å². The SMILES string of the molecule is Cc1cc(NC(=O)CSc2cc(SCc3ccccc3Cl)ncn2)no1. The first-order chi connectivity index (χ1) is 12.6. The second-order valence-electron chi connectivity index (χ2n) is 5.23. The zero-order valence-corrected chi connectivity index (χ0v) is 16.2. The summed E-state index contributed by atoms with van der Waals surface area (Å²) in [6.45, 7) is 1.76. The minimum Gasteiger partial charge on any atom is -0.360 e. The number of carbonyl (C=O) groups is 1. The van der Waals surface area contributed by atoms with Crippen molar-refractivity contribution < 1.29 is 9.32 Å². The van der Waals surface area contributed by atoms with E-state index in [-0.39, 0.29) is 11.7 Å². The van der Waals surface area contributed by atoms with Crippen molar-refractivity contribution in [2.75, 3.05) is 11.1 Å². The van der Waals surface area contributed by atoms with Gasteiger partial charge in [0.05, 0.1) is 5.75 Å². The second-order valence-corrected chi connectivity index (χ2v) is 7.63. The zero-order valence-electron chi connectivity index (χ0n) is 13.8. The van der Waals surface area contributed by atoms with E-state index < -0.39 is 0 Å². The number of nitrogens with zero attached hydrogens (tertiary/aromatic N) is 3. The van der Waals surface area contributed by atoms with E-state index in [2.05, 4.69) is 20.4 Å². The maximum absolute atomic E-state index is 12.0. The Morgan fingerprint density at radius 1 is 1.19 bits per heavy atom. The Hall–Kier alpha value is -2.03. The highest BCUT2D eigenvalue weighted by Gasteiger charge is 2.09. The molecule has 26 heavy (non-hydrogen) atoms. The van der Waals surface area contributed by atoms with Gasteiger partial charge in [0.1, 0.15) is 22.1 Å². The van der Waals surface area contributed by atoms with Crippen LogP contribution in [0.1, 0.15) is 11.3 Å². The van der Waals surface area contributed by atoms with E-state index in [4.69, 9.17) is 16.1 Å². The van der Waals surface area contributed by atoms with Gasteiger partial charge in [-0.05, 0) is 18.6 Å². The van der Waals surface area contributed by atoms with Gasteiger partial charge in [0.15, 0.2) is 5.82 Å². The molecule has 0 radical (unpaired) electrons. The van der Waals surface area contributed by atoms with Crippen LogP contribution in [-0.4, -0.2) is 26.8 Å². The number of hydrogen-bond acceptors (Lipinski definition) is 7. The summed E-state index contributed by atoms with van der Waals surface area (Å²) in [5, 5.41) is 8.70. The van der Waals surface area contributed by atoms with Gasteiger partial charge >= 0.3 is 0 Å². The van der Waals surface area contributed by atoms with E-state index in [1.807, 2.05) is 30.3 Å². The van der Waals surface area contributed by atoms with Crippen LogP contribution in [0.3, 0.4) is 0 Å². The summed E-state index contributed by atoms with van der Waals surface area (Å²) in [5.41, 5.74) is 1.05. The van der Waals surface area contributed by atoms with Crippen molar-refractivity contribution >= 4 is 46.8 Å². The predicted molar refractivity (Wildman–Crippen MR) is 104 cm³/mol. The van der Waals surface area contributed by atoms with Crippen molar-refractivity contribution in [3.8, 4) is 0 Å². The number of thioether (sulfide) groups is 2. The summed E-state index contributed by atoms with van der Waals surface area (Å²) in [5.74, 6) is 1.81. The number of aryl methyl sites for hydroxylation is 1. The van der Waals surface area contributed by atoms with Crippen LogP contribution in [0.2, 0.25) is 5.02 Å². The Morgan fingerprint density at radius 2 is 1.96 bits per heavy atom. The van der Waals surface area contributed by atoms with E-state index in [0.717, 1.165) is 20.6 Å². The zero-order chi connectivity index (χ0) is 18.4. The van der Waals surface area contributed by atoms with Crippen molar-refractivity contribution in [3.05, 3.63) is 59.1 Å². The molecule has 2 heterocycles. The molecule has 0 bridgehead atoms. The molecule has 6 nitrogen and oxygen atoms in total. The molecule has 0 aliphatic heterocycles. The molecule has 1 aromatic carbocycles. The van der Waals surface area contributed by atoms with E-state index in [1.54, 1.807) is 24.8 Å². The predicted octanol–water partition coefficient (Wildman–Crippen LogP) is 4.45. The molecular weight excluding hydrogens is 392 g/mol. The molecule has 0 fully saturated rings. The average molecular weight is 407 g/mol. The Balaban J connectivity index is 1.52. The minimum atomic E-state index is -0.174. The summed E-state index contributed by atoms with van der Waals surface area (Å²) in [4.78, 5) is 20.4. The quantitative estimate of drug-likeness (QED) is 0.458. The topological polar surface area (TPSA) is 80.9 Å². The molecule has 0 spiro atoms. The highest BCUT2D eigenvalue weighted by molar-refractivity contribution is 8.00. The van der Waals surface area contributed by atoms with Crippen LogP contribution in [0.15, 0.2) is 57.3 Å². The van der Waals surface area contributed by atoms with Gasteiger partial charge in [0, 0.05) is 22.9 Å². The normalized spacial score (nSPS) is 10.7. The molecule has 9 heteroatoms. The lowest BCUT2D eigenvalue weighted by Gasteiger charge is -2.05. The average Bonchev–Trinajstić information content (AvgIpc) is 3.04. The second kappa shape index (κ2) is 9.07. The number of amides is 1. The van der Waals surface area contributed by atoms with Gasteiger partial charge < -0.3 is 9.84 Å². The molecule has 2 aromatic heterocycles. The number of anilines is 1. The van der Waals surface area contributed by atoms with Crippen LogP contribution in [0, 0.1) is 6.92 Å². The Bertz CT molecular complexity index is 904. The number of benzene rings is 1. The molecular formula is C17H15ClN4O2S2. The van der Waals surface area contributed by atoms with Gasteiger partial charge in [0.2, 0.25) is 5.91 Å². The largest absolute Gasteiger partial charge is 0.360 e. The molecule has 1 amide bonds. The molecule has 0 saturated heterocycles. The summed E-state index contributed by atoms with van der Waals surface area (Å²) in [6.07, 6.45) is 1.50. The third-order valence-electron chi connectivity index (χ3n) is 3.20.